The summed E-state index contributed by atoms with van der Waals surface area (Å²) in [5.41, 5.74) is 0.907. The molecule has 0 atom stereocenters. The van der Waals surface area contributed by atoms with Crippen LogP contribution in [-0.4, -0.2) is 48.0 Å². The predicted molar refractivity (Wildman–Crippen MR) is 84.7 cm³/mol. The summed E-state index contributed by atoms with van der Waals surface area (Å²) < 4.78 is 5.24. The number of aliphatic hydroxyl groups excluding tert-OH is 1. The van der Waals surface area contributed by atoms with Crippen LogP contribution in [0, 0.1) is 0 Å². The maximum absolute atomic E-state index is 8.67. The summed E-state index contributed by atoms with van der Waals surface area (Å²) >= 11 is 0. The van der Waals surface area contributed by atoms with Crippen LogP contribution < -0.4 is 10.6 Å². The van der Waals surface area contributed by atoms with Gasteiger partial charge >= 0.3 is 0 Å². The topological polar surface area (TPSA) is 79.3 Å². The Morgan fingerprint density at radius 1 is 1.10 bits per heavy atom. The van der Waals surface area contributed by atoms with E-state index in [1.165, 1.54) is 0 Å². The Labute approximate surface area is 124 Å². The van der Waals surface area contributed by atoms with Crippen molar-refractivity contribution in [2.24, 2.45) is 0 Å². The van der Waals surface area contributed by atoms with Gasteiger partial charge in [0.2, 0.25) is 5.95 Å². The fraction of sp³-hybridized carbons (Fsp3) is 0.467. The van der Waals surface area contributed by atoms with E-state index in [-0.39, 0.29) is 6.61 Å². The molecule has 0 fully saturated rings. The van der Waals surface area contributed by atoms with Gasteiger partial charge in [0.15, 0.2) is 0 Å². The van der Waals surface area contributed by atoms with Crippen molar-refractivity contribution in [1.82, 2.24) is 9.97 Å². The average Bonchev–Trinajstić information content (AvgIpc) is 2.52. The lowest BCUT2D eigenvalue weighted by Crippen LogP contribution is -2.13. The van der Waals surface area contributed by atoms with Gasteiger partial charge < -0.3 is 20.5 Å². The molecule has 0 aliphatic carbocycles. The number of hydrogen-bond donors (Lipinski definition) is 3. The highest BCUT2D eigenvalue weighted by molar-refractivity contribution is 5.89. The molecule has 114 valence electrons. The molecule has 0 unspecified atom stereocenters. The number of rotatable bonds is 9. The largest absolute Gasteiger partial charge is 0.394 e. The first-order valence-electron chi connectivity index (χ1n) is 7.28. The fourth-order valence-electron chi connectivity index (χ4n) is 1.94. The number of aliphatic hydroxyl groups is 1. The molecular weight excluding hydrogens is 268 g/mol. The van der Waals surface area contributed by atoms with Crippen molar-refractivity contribution >= 4 is 22.7 Å². The van der Waals surface area contributed by atoms with Gasteiger partial charge in [-0.1, -0.05) is 19.1 Å². The van der Waals surface area contributed by atoms with Crippen LogP contribution in [0.15, 0.2) is 24.3 Å². The van der Waals surface area contributed by atoms with Crippen molar-refractivity contribution in [2.45, 2.75) is 13.3 Å². The van der Waals surface area contributed by atoms with E-state index < -0.39 is 0 Å². The van der Waals surface area contributed by atoms with Crippen LogP contribution in [0.4, 0.5) is 11.8 Å². The molecule has 6 heteroatoms. The van der Waals surface area contributed by atoms with Crippen LogP contribution in [0.1, 0.15) is 13.3 Å². The number of fused-ring (bicyclic) bond motifs is 1. The Bertz CT molecular complexity index is 562. The standard InChI is InChI=1S/C15H22N4O2/c1-2-7-17-15-18-13-6-4-3-5-12(13)14(19-15)16-8-10-21-11-9-20/h3-6,20H,2,7-11H2,1H3,(H2,16,17,18,19). The molecule has 1 aromatic heterocycles. The first-order chi connectivity index (χ1) is 10.3. The van der Waals surface area contributed by atoms with Crippen LogP contribution in [0.3, 0.4) is 0 Å². The molecule has 0 amide bonds. The van der Waals surface area contributed by atoms with E-state index in [1.807, 2.05) is 24.3 Å². The summed E-state index contributed by atoms with van der Waals surface area (Å²) in [6.07, 6.45) is 1.02. The molecule has 0 radical (unpaired) electrons. The second kappa shape index (κ2) is 8.39. The maximum atomic E-state index is 8.67. The first-order valence-corrected chi connectivity index (χ1v) is 7.28. The molecule has 6 nitrogen and oxygen atoms in total. The smallest absolute Gasteiger partial charge is 0.225 e. The second-order valence-corrected chi connectivity index (χ2v) is 4.60. The van der Waals surface area contributed by atoms with Gasteiger partial charge in [0.1, 0.15) is 5.82 Å². The Hall–Kier alpha value is -1.92. The zero-order valence-corrected chi connectivity index (χ0v) is 12.3. The highest BCUT2D eigenvalue weighted by atomic mass is 16.5. The number of ether oxygens (including phenoxy) is 1. The SMILES string of the molecule is CCCNc1nc(NCCOCCO)c2ccccc2n1. The van der Waals surface area contributed by atoms with Gasteiger partial charge in [0.25, 0.3) is 0 Å². The molecule has 0 bridgehead atoms. The number of nitrogens with zero attached hydrogens (tertiary/aromatic N) is 2. The molecular formula is C15H22N4O2. The summed E-state index contributed by atoms with van der Waals surface area (Å²) in [5.74, 6) is 1.43. The van der Waals surface area contributed by atoms with E-state index in [0.717, 1.165) is 29.7 Å². The fourth-order valence-corrected chi connectivity index (χ4v) is 1.94. The molecule has 0 saturated carbocycles. The molecule has 2 aromatic rings. The Morgan fingerprint density at radius 3 is 2.76 bits per heavy atom. The van der Waals surface area contributed by atoms with Crippen molar-refractivity contribution in [2.75, 3.05) is 43.5 Å². The number of hydrogen-bond acceptors (Lipinski definition) is 6. The minimum absolute atomic E-state index is 0.0432. The van der Waals surface area contributed by atoms with Crippen molar-refractivity contribution in [1.29, 1.82) is 0 Å². The lowest BCUT2D eigenvalue weighted by Gasteiger charge is -2.11. The quantitative estimate of drug-likeness (QED) is 0.612. The van der Waals surface area contributed by atoms with Gasteiger partial charge in [0.05, 0.1) is 25.3 Å². The minimum atomic E-state index is 0.0432. The van der Waals surface area contributed by atoms with Crippen LogP contribution >= 0.6 is 0 Å². The molecule has 1 heterocycles. The summed E-state index contributed by atoms with van der Waals surface area (Å²) in [6.45, 7) is 4.50. The molecule has 0 spiro atoms. The predicted octanol–water partition coefficient (Wildman–Crippen LogP) is 1.87. The number of nitrogens with one attached hydrogen (secondary N) is 2. The zero-order chi connectivity index (χ0) is 14.9. The summed E-state index contributed by atoms with van der Waals surface area (Å²) in [5, 5.41) is 16.1. The molecule has 0 aliphatic heterocycles. The second-order valence-electron chi connectivity index (χ2n) is 4.60. The molecule has 1 aromatic carbocycles. The first kappa shape index (κ1) is 15.5. The Morgan fingerprint density at radius 2 is 1.95 bits per heavy atom. The van der Waals surface area contributed by atoms with E-state index in [0.29, 0.717) is 25.7 Å². The number of aromatic nitrogens is 2. The molecule has 0 aliphatic rings. The van der Waals surface area contributed by atoms with E-state index in [4.69, 9.17) is 9.84 Å². The number of para-hydroxylation sites is 1. The Kier molecular flexibility index (Phi) is 6.18. The highest BCUT2D eigenvalue weighted by Gasteiger charge is 2.06. The van der Waals surface area contributed by atoms with Crippen LogP contribution in [0.2, 0.25) is 0 Å². The summed E-state index contributed by atoms with van der Waals surface area (Å²) in [7, 11) is 0. The minimum Gasteiger partial charge on any atom is -0.394 e. The lowest BCUT2D eigenvalue weighted by atomic mass is 10.2. The normalized spacial score (nSPS) is 10.8. The third kappa shape index (κ3) is 4.54. The summed E-state index contributed by atoms with van der Waals surface area (Å²) in [6, 6.07) is 7.91. The van der Waals surface area contributed by atoms with Gasteiger partial charge in [-0.2, -0.15) is 4.98 Å². The van der Waals surface area contributed by atoms with Gasteiger partial charge in [0, 0.05) is 18.5 Å². The maximum Gasteiger partial charge on any atom is 0.225 e. The van der Waals surface area contributed by atoms with E-state index in [9.17, 15) is 0 Å². The number of anilines is 2. The summed E-state index contributed by atoms with van der Waals surface area (Å²) in [4.78, 5) is 9.02. The molecule has 3 N–H and O–H groups in total. The van der Waals surface area contributed by atoms with E-state index in [1.54, 1.807) is 0 Å². The van der Waals surface area contributed by atoms with Gasteiger partial charge in [-0.3, -0.25) is 0 Å². The van der Waals surface area contributed by atoms with Crippen molar-refractivity contribution in [3.05, 3.63) is 24.3 Å². The van der Waals surface area contributed by atoms with Gasteiger partial charge in [-0.05, 0) is 18.6 Å². The van der Waals surface area contributed by atoms with Crippen molar-refractivity contribution < 1.29 is 9.84 Å². The third-order valence-corrected chi connectivity index (χ3v) is 2.91. The van der Waals surface area contributed by atoms with Crippen LogP contribution in [-0.2, 0) is 4.74 Å². The monoisotopic (exact) mass is 290 g/mol. The van der Waals surface area contributed by atoms with Crippen molar-refractivity contribution in [3.63, 3.8) is 0 Å². The number of benzene rings is 1. The zero-order valence-electron chi connectivity index (χ0n) is 12.3. The molecule has 0 saturated heterocycles. The van der Waals surface area contributed by atoms with E-state index >= 15 is 0 Å². The lowest BCUT2D eigenvalue weighted by molar-refractivity contribution is 0.0992. The van der Waals surface area contributed by atoms with Gasteiger partial charge in [-0.15, -0.1) is 0 Å². The Balaban J connectivity index is 2.11. The van der Waals surface area contributed by atoms with Crippen LogP contribution in [0.5, 0.6) is 0 Å². The molecule has 21 heavy (non-hydrogen) atoms. The van der Waals surface area contributed by atoms with E-state index in [2.05, 4.69) is 27.5 Å². The highest BCUT2D eigenvalue weighted by Crippen LogP contribution is 2.21. The average molecular weight is 290 g/mol. The molecule has 2 rings (SSSR count). The third-order valence-electron chi connectivity index (χ3n) is 2.91. The van der Waals surface area contributed by atoms with Crippen LogP contribution in [0.25, 0.3) is 10.9 Å². The van der Waals surface area contributed by atoms with Crippen molar-refractivity contribution in [3.8, 4) is 0 Å². The van der Waals surface area contributed by atoms with Gasteiger partial charge in [-0.25, -0.2) is 4.98 Å².